The number of β-amino-alcohol motifs (C(OH)–C–C–N with tert-alkyl or cyclic N) is 1. The molecule has 1 saturated heterocycles. The predicted octanol–water partition coefficient (Wildman–Crippen LogP) is -0.193. The Morgan fingerprint density at radius 1 is 1.25 bits per heavy atom. The number of aliphatic hydroxyl groups is 1. The first-order chi connectivity index (χ1) is 9.56. The average molecular weight is 287 g/mol. The van der Waals surface area contributed by atoms with Gasteiger partial charge in [0.15, 0.2) is 0 Å². The smallest absolute Gasteiger partial charge is 0.317 e. The fraction of sp³-hybridized carbons (Fsp3) is 0.846. The lowest BCUT2D eigenvalue weighted by molar-refractivity contribution is -0.138. The first-order valence-corrected chi connectivity index (χ1v) is 7.14. The van der Waals surface area contributed by atoms with Crippen LogP contribution in [-0.4, -0.2) is 77.9 Å². The number of nitrogens with zero attached hydrogens (tertiary/aromatic N) is 2. The Morgan fingerprint density at radius 3 is 2.40 bits per heavy atom. The molecule has 0 aromatic heterocycles. The molecule has 20 heavy (non-hydrogen) atoms. The third kappa shape index (κ3) is 5.75. The van der Waals surface area contributed by atoms with Crippen molar-refractivity contribution in [2.75, 3.05) is 45.9 Å². The molecule has 1 unspecified atom stereocenters. The normalized spacial score (nSPS) is 17.8. The van der Waals surface area contributed by atoms with Gasteiger partial charge in [0, 0.05) is 45.7 Å². The third-order valence-electron chi connectivity index (χ3n) is 3.66. The van der Waals surface area contributed by atoms with Crippen molar-refractivity contribution in [2.24, 2.45) is 5.92 Å². The first kappa shape index (κ1) is 16.7. The van der Waals surface area contributed by atoms with Crippen molar-refractivity contribution in [1.82, 2.24) is 15.1 Å². The van der Waals surface area contributed by atoms with E-state index < -0.39 is 5.97 Å². The van der Waals surface area contributed by atoms with E-state index >= 15 is 0 Å². The zero-order chi connectivity index (χ0) is 15.0. The SMILES string of the molecule is CCC(CNC(=O)N1CCN(CCO)CC1)CC(=O)O. The highest BCUT2D eigenvalue weighted by Crippen LogP contribution is 2.07. The van der Waals surface area contributed by atoms with Crippen LogP contribution in [0.1, 0.15) is 19.8 Å². The van der Waals surface area contributed by atoms with Gasteiger partial charge in [-0.1, -0.05) is 13.3 Å². The molecule has 0 bridgehead atoms. The number of hydrogen-bond acceptors (Lipinski definition) is 4. The molecule has 0 aromatic rings. The molecule has 3 N–H and O–H groups in total. The molecule has 116 valence electrons. The zero-order valence-corrected chi connectivity index (χ0v) is 12.0. The monoisotopic (exact) mass is 287 g/mol. The number of aliphatic hydroxyl groups excluding tert-OH is 1. The van der Waals surface area contributed by atoms with E-state index in [0.29, 0.717) is 26.2 Å². The molecule has 1 rings (SSSR count). The van der Waals surface area contributed by atoms with E-state index in [0.717, 1.165) is 19.5 Å². The predicted molar refractivity (Wildman–Crippen MR) is 74.5 cm³/mol. The molecule has 1 aliphatic heterocycles. The van der Waals surface area contributed by atoms with Crippen LogP contribution >= 0.6 is 0 Å². The van der Waals surface area contributed by atoms with Crippen LogP contribution in [0.4, 0.5) is 4.79 Å². The largest absolute Gasteiger partial charge is 0.481 e. The number of urea groups is 1. The lowest BCUT2D eigenvalue weighted by Gasteiger charge is -2.34. The number of amides is 2. The molecule has 0 aliphatic carbocycles. The maximum absolute atomic E-state index is 12.0. The highest BCUT2D eigenvalue weighted by molar-refractivity contribution is 5.74. The summed E-state index contributed by atoms with van der Waals surface area (Å²) in [7, 11) is 0. The molecule has 0 aromatic carbocycles. The van der Waals surface area contributed by atoms with Crippen molar-refractivity contribution in [2.45, 2.75) is 19.8 Å². The van der Waals surface area contributed by atoms with Gasteiger partial charge in [0.1, 0.15) is 0 Å². The zero-order valence-electron chi connectivity index (χ0n) is 12.0. The standard InChI is InChI=1S/C13H25N3O4/c1-2-11(9-12(18)19)10-14-13(20)16-5-3-15(4-6-16)7-8-17/h11,17H,2-10H2,1H3,(H,14,20)(H,18,19). The molecular weight excluding hydrogens is 262 g/mol. The van der Waals surface area contributed by atoms with Gasteiger partial charge < -0.3 is 20.4 Å². The summed E-state index contributed by atoms with van der Waals surface area (Å²) in [5, 5.41) is 20.4. The van der Waals surface area contributed by atoms with Crippen molar-refractivity contribution < 1.29 is 19.8 Å². The minimum atomic E-state index is -0.830. The van der Waals surface area contributed by atoms with E-state index in [4.69, 9.17) is 10.2 Å². The van der Waals surface area contributed by atoms with Crippen molar-refractivity contribution in [3.05, 3.63) is 0 Å². The number of carbonyl (C=O) groups is 2. The Kier molecular flexibility index (Phi) is 7.32. The molecule has 7 nitrogen and oxygen atoms in total. The highest BCUT2D eigenvalue weighted by Gasteiger charge is 2.21. The van der Waals surface area contributed by atoms with Crippen molar-refractivity contribution in [3.63, 3.8) is 0 Å². The number of nitrogens with one attached hydrogen (secondary N) is 1. The quantitative estimate of drug-likeness (QED) is 0.603. The van der Waals surface area contributed by atoms with Crippen molar-refractivity contribution >= 4 is 12.0 Å². The Bertz CT molecular complexity index is 317. The number of carboxylic acids is 1. The Morgan fingerprint density at radius 2 is 1.90 bits per heavy atom. The van der Waals surface area contributed by atoms with E-state index in [1.165, 1.54) is 0 Å². The summed E-state index contributed by atoms with van der Waals surface area (Å²) in [6, 6.07) is -0.127. The summed E-state index contributed by atoms with van der Waals surface area (Å²) in [6.45, 7) is 5.92. The second-order valence-electron chi connectivity index (χ2n) is 5.11. The number of piperazine rings is 1. The highest BCUT2D eigenvalue weighted by atomic mass is 16.4. The van der Waals surface area contributed by atoms with Crippen molar-refractivity contribution in [3.8, 4) is 0 Å². The van der Waals surface area contributed by atoms with Gasteiger partial charge >= 0.3 is 12.0 Å². The fourth-order valence-electron chi connectivity index (χ4n) is 2.27. The minimum absolute atomic E-state index is 0.0212. The van der Waals surface area contributed by atoms with Gasteiger partial charge in [-0.3, -0.25) is 9.69 Å². The van der Waals surface area contributed by atoms with Crippen LogP contribution in [0.2, 0.25) is 0 Å². The van der Waals surface area contributed by atoms with Gasteiger partial charge in [-0.15, -0.1) is 0 Å². The molecule has 7 heteroatoms. The molecule has 1 heterocycles. The number of aliphatic carboxylic acids is 1. The second-order valence-corrected chi connectivity index (χ2v) is 5.11. The fourth-order valence-corrected chi connectivity index (χ4v) is 2.27. The summed E-state index contributed by atoms with van der Waals surface area (Å²) in [4.78, 5) is 26.5. The maximum Gasteiger partial charge on any atom is 0.317 e. The molecule has 0 spiro atoms. The van der Waals surface area contributed by atoms with Gasteiger partial charge in [0.05, 0.1) is 6.61 Å². The lowest BCUT2D eigenvalue weighted by atomic mass is 10.0. The van der Waals surface area contributed by atoms with Crippen LogP contribution in [0.5, 0.6) is 0 Å². The third-order valence-corrected chi connectivity index (χ3v) is 3.66. The van der Waals surface area contributed by atoms with Crippen LogP contribution in [0, 0.1) is 5.92 Å². The molecule has 0 radical (unpaired) electrons. The Hall–Kier alpha value is -1.34. The molecule has 1 atom stereocenters. The topological polar surface area (TPSA) is 93.1 Å². The van der Waals surface area contributed by atoms with Crippen LogP contribution in [0.15, 0.2) is 0 Å². The van der Waals surface area contributed by atoms with Crippen LogP contribution in [0.25, 0.3) is 0 Å². The Balaban J connectivity index is 2.27. The number of carboxylic acid groups (broad SMARTS) is 1. The maximum atomic E-state index is 12.0. The Labute approximate surface area is 119 Å². The van der Waals surface area contributed by atoms with Gasteiger partial charge in [-0.2, -0.15) is 0 Å². The summed E-state index contributed by atoms with van der Waals surface area (Å²) >= 11 is 0. The van der Waals surface area contributed by atoms with Gasteiger partial charge in [0.25, 0.3) is 0 Å². The van der Waals surface area contributed by atoms with Gasteiger partial charge in [0.2, 0.25) is 0 Å². The second kappa shape index (κ2) is 8.76. The molecule has 1 aliphatic rings. The van der Waals surface area contributed by atoms with Crippen LogP contribution in [-0.2, 0) is 4.79 Å². The van der Waals surface area contributed by atoms with E-state index in [-0.39, 0.29) is 25.0 Å². The van der Waals surface area contributed by atoms with Crippen LogP contribution < -0.4 is 5.32 Å². The average Bonchev–Trinajstić information content (AvgIpc) is 2.44. The van der Waals surface area contributed by atoms with Crippen molar-refractivity contribution in [1.29, 1.82) is 0 Å². The van der Waals surface area contributed by atoms with Gasteiger partial charge in [-0.05, 0) is 5.92 Å². The summed E-state index contributed by atoms with van der Waals surface area (Å²) < 4.78 is 0. The summed E-state index contributed by atoms with van der Waals surface area (Å²) in [6.07, 6.45) is 0.817. The lowest BCUT2D eigenvalue weighted by Crippen LogP contribution is -2.52. The summed E-state index contributed by atoms with van der Waals surface area (Å²) in [5.74, 6) is -0.851. The molecular formula is C13H25N3O4. The van der Waals surface area contributed by atoms with E-state index in [1.54, 1.807) is 4.90 Å². The minimum Gasteiger partial charge on any atom is -0.481 e. The number of carbonyl (C=O) groups excluding carboxylic acids is 1. The van der Waals surface area contributed by atoms with E-state index in [9.17, 15) is 9.59 Å². The molecule has 1 fully saturated rings. The summed E-state index contributed by atoms with van der Waals surface area (Å²) in [5.41, 5.74) is 0. The van der Waals surface area contributed by atoms with Gasteiger partial charge in [-0.25, -0.2) is 4.79 Å². The van der Waals surface area contributed by atoms with E-state index in [2.05, 4.69) is 10.2 Å². The number of rotatable bonds is 7. The number of hydrogen-bond donors (Lipinski definition) is 3. The molecule has 0 saturated carbocycles. The molecule has 2 amide bonds. The first-order valence-electron chi connectivity index (χ1n) is 7.14. The van der Waals surface area contributed by atoms with E-state index in [1.807, 2.05) is 6.92 Å². The van der Waals surface area contributed by atoms with Crippen LogP contribution in [0.3, 0.4) is 0 Å².